The summed E-state index contributed by atoms with van der Waals surface area (Å²) in [5, 5.41) is 6.86. The second-order valence-electron chi connectivity index (χ2n) is 6.59. The van der Waals surface area contributed by atoms with Crippen LogP contribution < -0.4 is 10.2 Å². The van der Waals surface area contributed by atoms with Gasteiger partial charge >= 0.3 is 6.03 Å². The van der Waals surface area contributed by atoms with E-state index in [2.05, 4.69) is 35.3 Å². The van der Waals surface area contributed by atoms with E-state index in [1.807, 2.05) is 23.1 Å². The van der Waals surface area contributed by atoms with Gasteiger partial charge in [0.05, 0.1) is 0 Å². The van der Waals surface area contributed by atoms with Crippen LogP contribution in [0.15, 0.2) is 47.4 Å². The number of anilines is 1. The van der Waals surface area contributed by atoms with E-state index in [4.69, 9.17) is 4.52 Å². The maximum atomic E-state index is 12.5. The zero-order chi connectivity index (χ0) is 19.9. The summed E-state index contributed by atoms with van der Waals surface area (Å²) in [4.78, 5) is 33.5. The van der Waals surface area contributed by atoms with Crippen LogP contribution in [0.4, 0.5) is 10.7 Å². The predicted molar refractivity (Wildman–Crippen MR) is 105 cm³/mol. The van der Waals surface area contributed by atoms with Gasteiger partial charge in [0.15, 0.2) is 0 Å². The number of pyridine rings is 1. The Bertz CT molecular complexity index is 918. The van der Waals surface area contributed by atoms with Gasteiger partial charge in [-0.1, -0.05) is 11.2 Å². The molecule has 0 unspecified atom stereocenters. The Morgan fingerprint density at radius 3 is 2.72 bits per heavy atom. The molecule has 4 heterocycles. The van der Waals surface area contributed by atoms with Crippen molar-refractivity contribution < 1.29 is 9.32 Å². The van der Waals surface area contributed by atoms with E-state index in [0.29, 0.717) is 56.0 Å². The number of nitrogens with one attached hydrogen (secondary N) is 1. The lowest BCUT2D eigenvalue weighted by atomic mass is 10.3. The molecule has 0 atom stereocenters. The maximum Gasteiger partial charge on any atom is 0.317 e. The fourth-order valence-electron chi connectivity index (χ4n) is 3.12. The predicted octanol–water partition coefficient (Wildman–Crippen LogP) is 1.39. The van der Waals surface area contributed by atoms with Crippen LogP contribution >= 0.6 is 0 Å². The minimum atomic E-state index is -0.0923. The fourth-order valence-corrected chi connectivity index (χ4v) is 3.12. The van der Waals surface area contributed by atoms with Crippen LogP contribution in [-0.4, -0.2) is 68.7 Å². The smallest absolute Gasteiger partial charge is 0.317 e. The first-order valence-corrected chi connectivity index (χ1v) is 9.58. The standard InChI is InChI=1S/C19H22N8O2/c28-19(27-12-4-11-26(13-14-27)18-21-8-3-9-22-18)23-10-6-16-24-17(25-29-16)15-5-1-2-7-20-15/h1-3,5,7-9H,4,6,10-14H2,(H,23,28). The number of carbonyl (C=O) groups excluding carboxylic acids is 1. The molecule has 0 bridgehead atoms. The molecule has 1 aliphatic rings. The Hall–Kier alpha value is -3.56. The number of aromatic nitrogens is 5. The molecule has 0 spiro atoms. The van der Waals surface area contributed by atoms with Gasteiger partial charge in [0.1, 0.15) is 5.69 Å². The Labute approximate surface area is 168 Å². The van der Waals surface area contributed by atoms with Crippen molar-refractivity contribution in [3.63, 3.8) is 0 Å². The van der Waals surface area contributed by atoms with Crippen LogP contribution in [0.5, 0.6) is 0 Å². The minimum Gasteiger partial charge on any atom is -0.339 e. The number of rotatable bonds is 5. The highest BCUT2D eigenvalue weighted by molar-refractivity contribution is 5.74. The summed E-state index contributed by atoms with van der Waals surface area (Å²) in [7, 11) is 0. The van der Waals surface area contributed by atoms with Crippen molar-refractivity contribution in [2.24, 2.45) is 0 Å². The lowest BCUT2D eigenvalue weighted by Crippen LogP contribution is -2.42. The third kappa shape index (κ3) is 4.84. The van der Waals surface area contributed by atoms with E-state index in [-0.39, 0.29) is 6.03 Å². The van der Waals surface area contributed by atoms with E-state index in [9.17, 15) is 4.79 Å². The van der Waals surface area contributed by atoms with Crippen molar-refractivity contribution in [3.8, 4) is 11.5 Å². The molecule has 1 aliphatic heterocycles. The number of urea groups is 1. The van der Waals surface area contributed by atoms with Gasteiger partial charge in [-0.2, -0.15) is 4.98 Å². The van der Waals surface area contributed by atoms with Gasteiger partial charge in [-0.05, 0) is 24.6 Å². The summed E-state index contributed by atoms with van der Waals surface area (Å²) >= 11 is 0. The second-order valence-corrected chi connectivity index (χ2v) is 6.59. The molecule has 2 amide bonds. The molecule has 1 saturated heterocycles. The number of hydrogen-bond acceptors (Lipinski definition) is 8. The van der Waals surface area contributed by atoms with Crippen molar-refractivity contribution in [1.82, 2.24) is 35.3 Å². The van der Waals surface area contributed by atoms with Crippen molar-refractivity contribution in [2.45, 2.75) is 12.8 Å². The molecule has 4 rings (SSSR count). The van der Waals surface area contributed by atoms with Crippen molar-refractivity contribution >= 4 is 12.0 Å². The Morgan fingerprint density at radius 2 is 1.90 bits per heavy atom. The molecule has 3 aromatic rings. The van der Waals surface area contributed by atoms with E-state index in [0.717, 1.165) is 13.0 Å². The van der Waals surface area contributed by atoms with Crippen LogP contribution in [0.1, 0.15) is 12.3 Å². The highest BCUT2D eigenvalue weighted by Gasteiger charge is 2.20. The Balaban J connectivity index is 1.24. The first-order valence-electron chi connectivity index (χ1n) is 9.58. The van der Waals surface area contributed by atoms with Crippen LogP contribution in [0.3, 0.4) is 0 Å². The van der Waals surface area contributed by atoms with Crippen molar-refractivity contribution in [3.05, 3.63) is 48.7 Å². The minimum absolute atomic E-state index is 0.0923. The number of amides is 2. The van der Waals surface area contributed by atoms with Crippen LogP contribution in [0.2, 0.25) is 0 Å². The quantitative estimate of drug-likeness (QED) is 0.691. The van der Waals surface area contributed by atoms with Gasteiger partial charge in [-0.25, -0.2) is 14.8 Å². The second kappa shape index (κ2) is 9.09. The summed E-state index contributed by atoms with van der Waals surface area (Å²) in [5.74, 6) is 1.62. The Morgan fingerprint density at radius 1 is 1.03 bits per heavy atom. The molecule has 150 valence electrons. The summed E-state index contributed by atoms with van der Waals surface area (Å²) in [6, 6.07) is 7.22. The monoisotopic (exact) mass is 394 g/mol. The number of carbonyl (C=O) groups is 1. The van der Waals surface area contributed by atoms with Gasteiger partial charge in [-0.3, -0.25) is 4.98 Å². The van der Waals surface area contributed by atoms with Crippen LogP contribution in [0, 0.1) is 0 Å². The van der Waals surface area contributed by atoms with E-state index < -0.39 is 0 Å². The third-order valence-corrected chi connectivity index (χ3v) is 4.60. The molecular formula is C19H22N8O2. The Kier molecular flexibility index (Phi) is 5.89. The first-order chi connectivity index (χ1) is 14.3. The van der Waals surface area contributed by atoms with Gasteiger partial charge in [0.2, 0.25) is 17.7 Å². The zero-order valence-corrected chi connectivity index (χ0v) is 15.9. The SMILES string of the molecule is O=C(NCCc1nc(-c2ccccn2)no1)N1CCCN(c2ncccn2)CC1. The first kappa shape index (κ1) is 18.8. The lowest BCUT2D eigenvalue weighted by Gasteiger charge is -2.22. The van der Waals surface area contributed by atoms with Gasteiger partial charge in [-0.15, -0.1) is 0 Å². The number of hydrogen-bond donors (Lipinski definition) is 1. The van der Waals surface area contributed by atoms with E-state index in [1.54, 1.807) is 24.7 Å². The van der Waals surface area contributed by atoms with E-state index in [1.165, 1.54) is 0 Å². The number of nitrogens with zero attached hydrogens (tertiary/aromatic N) is 7. The molecule has 1 fully saturated rings. The average Bonchev–Trinajstić information content (AvgIpc) is 3.10. The third-order valence-electron chi connectivity index (χ3n) is 4.60. The molecule has 1 N–H and O–H groups in total. The summed E-state index contributed by atoms with van der Waals surface area (Å²) < 4.78 is 5.24. The molecular weight excluding hydrogens is 372 g/mol. The van der Waals surface area contributed by atoms with Gasteiger partial charge < -0.3 is 19.6 Å². The average molecular weight is 394 g/mol. The molecule has 10 nitrogen and oxygen atoms in total. The molecule has 29 heavy (non-hydrogen) atoms. The molecule has 0 radical (unpaired) electrons. The van der Waals surface area contributed by atoms with Gasteiger partial charge in [0, 0.05) is 57.7 Å². The van der Waals surface area contributed by atoms with Crippen molar-refractivity contribution in [1.29, 1.82) is 0 Å². The highest BCUT2D eigenvalue weighted by atomic mass is 16.5. The molecule has 10 heteroatoms. The highest BCUT2D eigenvalue weighted by Crippen LogP contribution is 2.12. The summed E-state index contributed by atoms with van der Waals surface area (Å²) in [6.07, 6.45) is 6.47. The molecule has 0 saturated carbocycles. The van der Waals surface area contributed by atoms with Crippen LogP contribution in [0.25, 0.3) is 11.5 Å². The summed E-state index contributed by atoms with van der Waals surface area (Å²) in [5.41, 5.74) is 0.656. The molecule has 3 aromatic heterocycles. The normalized spacial score (nSPS) is 14.5. The lowest BCUT2D eigenvalue weighted by molar-refractivity contribution is 0.201. The van der Waals surface area contributed by atoms with Crippen LogP contribution in [-0.2, 0) is 6.42 Å². The van der Waals surface area contributed by atoms with Gasteiger partial charge in [0.25, 0.3) is 0 Å². The topological polar surface area (TPSA) is 113 Å². The van der Waals surface area contributed by atoms with Crippen molar-refractivity contribution in [2.75, 3.05) is 37.6 Å². The van der Waals surface area contributed by atoms with E-state index >= 15 is 0 Å². The largest absolute Gasteiger partial charge is 0.339 e. The summed E-state index contributed by atoms with van der Waals surface area (Å²) in [6.45, 7) is 3.26. The maximum absolute atomic E-state index is 12.5. The molecule has 0 aromatic carbocycles. The fraction of sp³-hybridized carbons (Fsp3) is 0.368. The zero-order valence-electron chi connectivity index (χ0n) is 15.9. The molecule has 0 aliphatic carbocycles.